The van der Waals surface area contributed by atoms with Crippen molar-refractivity contribution in [2.75, 3.05) is 0 Å². The van der Waals surface area contributed by atoms with Crippen LogP contribution in [0.4, 0.5) is 4.39 Å². The summed E-state index contributed by atoms with van der Waals surface area (Å²) in [6, 6.07) is 14.2. The average Bonchev–Trinajstić information content (AvgIpc) is 3.17. The molecule has 0 unspecified atom stereocenters. The molecule has 0 aliphatic carbocycles. The molecule has 6 heteroatoms. The standard InChI is InChI=1S/C23H15FN4O/c1-14-8-9-25-20-7-4-16(10-19(14)20)23-22(15-2-5-17(24)6-3-15)26-11-21-27-18(13-29)12-28(21)23/h2-13H,1H3. The number of aldehydes is 1. The summed E-state index contributed by atoms with van der Waals surface area (Å²) in [4.78, 5) is 24.6. The molecule has 0 radical (unpaired) electrons. The summed E-state index contributed by atoms with van der Waals surface area (Å²) < 4.78 is 15.3. The summed E-state index contributed by atoms with van der Waals surface area (Å²) in [6.45, 7) is 2.04. The molecule has 0 N–H and O–H groups in total. The molecule has 0 spiro atoms. The van der Waals surface area contributed by atoms with Crippen LogP contribution >= 0.6 is 0 Å². The number of nitrogens with zero attached hydrogens (tertiary/aromatic N) is 4. The second-order valence-electron chi connectivity index (χ2n) is 6.83. The maximum absolute atomic E-state index is 13.5. The van der Waals surface area contributed by atoms with Gasteiger partial charge in [-0.2, -0.15) is 0 Å². The van der Waals surface area contributed by atoms with Gasteiger partial charge in [0.05, 0.1) is 23.1 Å². The van der Waals surface area contributed by atoms with E-state index in [0.29, 0.717) is 23.3 Å². The summed E-state index contributed by atoms with van der Waals surface area (Å²) in [5.74, 6) is -0.311. The average molecular weight is 382 g/mol. The second-order valence-corrected chi connectivity index (χ2v) is 6.83. The zero-order chi connectivity index (χ0) is 20.0. The smallest absolute Gasteiger partial charge is 0.170 e. The first kappa shape index (κ1) is 17.2. The highest BCUT2D eigenvalue weighted by Gasteiger charge is 2.16. The van der Waals surface area contributed by atoms with Gasteiger partial charge in [-0.25, -0.2) is 9.37 Å². The molecule has 0 bridgehead atoms. The van der Waals surface area contributed by atoms with Crippen LogP contribution in [-0.2, 0) is 0 Å². The lowest BCUT2D eigenvalue weighted by Gasteiger charge is -2.13. The molecule has 0 saturated heterocycles. The molecule has 5 aromatic rings. The fourth-order valence-electron chi connectivity index (χ4n) is 3.56. The molecule has 140 valence electrons. The maximum Gasteiger partial charge on any atom is 0.170 e. The highest BCUT2D eigenvalue weighted by Crippen LogP contribution is 2.33. The van der Waals surface area contributed by atoms with Gasteiger partial charge in [0, 0.05) is 28.9 Å². The number of aromatic nitrogens is 4. The maximum atomic E-state index is 13.5. The molecule has 0 amide bonds. The van der Waals surface area contributed by atoms with Gasteiger partial charge in [-0.05, 0) is 55.0 Å². The minimum Gasteiger partial charge on any atom is -0.296 e. The van der Waals surface area contributed by atoms with E-state index in [9.17, 15) is 9.18 Å². The molecule has 29 heavy (non-hydrogen) atoms. The van der Waals surface area contributed by atoms with Crippen LogP contribution in [0.2, 0.25) is 0 Å². The molecule has 0 aliphatic heterocycles. The number of hydrogen-bond donors (Lipinski definition) is 0. The van der Waals surface area contributed by atoms with E-state index in [2.05, 4.69) is 21.0 Å². The van der Waals surface area contributed by atoms with Crippen molar-refractivity contribution in [3.63, 3.8) is 0 Å². The summed E-state index contributed by atoms with van der Waals surface area (Å²) in [5, 5.41) is 1.03. The molecule has 0 saturated carbocycles. The Morgan fingerprint density at radius 3 is 2.59 bits per heavy atom. The Morgan fingerprint density at radius 2 is 1.79 bits per heavy atom. The summed E-state index contributed by atoms with van der Waals surface area (Å²) >= 11 is 0. The number of carbonyl (C=O) groups excluding carboxylic acids is 1. The topological polar surface area (TPSA) is 60.2 Å². The first-order chi connectivity index (χ1) is 14.1. The largest absolute Gasteiger partial charge is 0.296 e. The minimum atomic E-state index is -0.311. The van der Waals surface area contributed by atoms with Crippen molar-refractivity contribution in [2.24, 2.45) is 0 Å². The quantitative estimate of drug-likeness (QED) is 0.418. The third kappa shape index (κ3) is 2.86. The van der Waals surface area contributed by atoms with E-state index in [1.807, 2.05) is 29.5 Å². The van der Waals surface area contributed by atoms with Gasteiger partial charge in [0.1, 0.15) is 11.5 Å². The molecule has 5 nitrogen and oxygen atoms in total. The van der Waals surface area contributed by atoms with Crippen molar-refractivity contribution < 1.29 is 9.18 Å². The number of carbonyl (C=O) groups is 1. The SMILES string of the molecule is Cc1ccnc2ccc(-c3c(-c4ccc(F)cc4)ncc4nc(C=O)cn34)cc12. The zero-order valence-electron chi connectivity index (χ0n) is 15.5. The van der Waals surface area contributed by atoms with Crippen LogP contribution in [0, 0.1) is 12.7 Å². The third-order valence-corrected chi connectivity index (χ3v) is 5.00. The highest BCUT2D eigenvalue weighted by atomic mass is 19.1. The number of fused-ring (bicyclic) bond motifs is 2. The number of imidazole rings is 1. The van der Waals surface area contributed by atoms with Crippen LogP contribution in [0.3, 0.4) is 0 Å². The molecular weight excluding hydrogens is 367 g/mol. The van der Waals surface area contributed by atoms with Crippen molar-refractivity contribution in [3.05, 3.63) is 84.2 Å². The fraction of sp³-hybridized carbons (Fsp3) is 0.0435. The van der Waals surface area contributed by atoms with Gasteiger partial charge < -0.3 is 0 Å². The van der Waals surface area contributed by atoms with Gasteiger partial charge >= 0.3 is 0 Å². The number of benzene rings is 2. The fourth-order valence-corrected chi connectivity index (χ4v) is 3.56. The number of aryl methyl sites for hydroxylation is 1. The van der Waals surface area contributed by atoms with Gasteiger partial charge in [0.25, 0.3) is 0 Å². The Labute approximate surface area is 165 Å². The molecule has 0 aliphatic rings. The van der Waals surface area contributed by atoms with Gasteiger partial charge in [-0.3, -0.25) is 19.2 Å². The van der Waals surface area contributed by atoms with Crippen LogP contribution in [0.15, 0.2) is 67.1 Å². The summed E-state index contributed by atoms with van der Waals surface area (Å²) in [7, 11) is 0. The van der Waals surface area contributed by atoms with Crippen molar-refractivity contribution in [3.8, 4) is 22.5 Å². The lowest BCUT2D eigenvalue weighted by atomic mass is 10.0. The van der Waals surface area contributed by atoms with E-state index in [4.69, 9.17) is 0 Å². The van der Waals surface area contributed by atoms with Crippen LogP contribution < -0.4 is 0 Å². The lowest BCUT2D eigenvalue weighted by molar-refractivity contribution is 0.111. The molecular formula is C23H15FN4O. The molecule has 0 atom stereocenters. The Bertz CT molecular complexity index is 1390. The van der Waals surface area contributed by atoms with Crippen LogP contribution in [-0.4, -0.2) is 25.6 Å². The van der Waals surface area contributed by atoms with Gasteiger partial charge in [0.2, 0.25) is 0 Å². The molecule has 5 rings (SSSR count). The zero-order valence-corrected chi connectivity index (χ0v) is 15.5. The second kappa shape index (κ2) is 6.60. The number of rotatable bonds is 3. The third-order valence-electron chi connectivity index (χ3n) is 5.00. The minimum absolute atomic E-state index is 0.311. The number of halogens is 1. The Morgan fingerprint density at radius 1 is 1.00 bits per heavy atom. The Balaban J connectivity index is 1.85. The van der Waals surface area contributed by atoms with Gasteiger partial charge in [0.15, 0.2) is 11.9 Å². The van der Waals surface area contributed by atoms with Crippen molar-refractivity contribution in [2.45, 2.75) is 6.92 Å². The molecule has 2 aromatic carbocycles. The van der Waals surface area contributed by atoms with Gasteiger partial charge in [-0.1, -0.05) is 6.07 Å². The van der Waals surface area contributed by atoms with Gasteiger partial charge in [-0.15, -0.1) is 0 Å². The predicted octanol–water partition coefficient (Wildman–Crippen LogP) is 4.87. The first-order valence-corrected chi connectivity index (χ1v) is 9.09. The Hall–Kier alpha value is -3.93. The molecule has 3 aromatic heterocycles. The van der Waals surface area contributed by atoms with E-state index in [0.717, 1.165) is 33.3 Å². The van der Waals surface area contributed by atoms with Crippen LogP contribution in [0.25, 0.3) is 39.1 Å². The predicted molar refractivity (Wildman–Crippen MR) is 109 cm³/mol. The summed E-state index contributed by atoms with van der Waals surface area (Å²) in [6.07, 6.45) is 5.80. The van der Waals surface area contributed by atoms with E-state index < -0.39 is 0 Å². The molecule has 3 heterocycles. The van der Waals surface area contributed by atoms with E-state index >= 15 is 0 Å². The number of pyridine rings is 1. The summed E-state index contributed by atoms with van der Waals surface area (Å²) in [5.41, 5.74) is 6.02. The van der Waals surface area contributed by atoms with Crippen LogP contribution in [0.1, 0.15) is 16.1 Å². The van der Waals surface area contributed by atoms with E-state index in [-0.39, 0.29) is 5.82 Å². The molecule has 0 fully saturated rings. The Kier molecular flexibility index (Phi) is 3.91. The van der Waals surface area contributed by atoms with E-state index in [1.54, 1.807) is 30.7 Å². The van der Waals surface area contributed by atoms with Crippen LogP contribution in [0.5, 0.6) is 0 Å². The van der Waals surface area contributed by atoms with Crippen molar-refractivity contribution in [1.82, 2.24) is 19.4 Å². The lowest BCUT2D eigenvalue weighted by Crippen LogP contribution is -1.98. The first-order valence-electron chi connectivity index (χ1n) is 9.09. The monoisotopic (exact) mass is 382 g/mol. The van der Waals surface area contributed by atoms with Crippen molar-refractivity contribution in [1.29, 1.82) is 0 Å². The normalized spacial score (nSPS) is 11.2. The number of hydrogen-bond acceptors (Lipinski definition) is 4. The van der Waals surface area contributed by atoms with E-state index in [1.165, 1.54) is 12.1 Å². The van der Waals surface area contributed by atoms with Crippen molar-refractivity contribution >= 4 is 22.8 Å². The highest BCUT2D eigenvalue weighted by molar-refractivity contribution is 5.90.